The molecule has 33 heavy (non-hydrogen) atoms. The summed E-state index contributed by atoms with van der Waals surface area (Å²) in [6.45, 7) is 0. The van der Waals surface area contributed by atoms with Crippen molar-refractivity contribution in [3.8, 4) is 0 Å². The molecular formula is C30H18F2O. The van der Waals surface area contributed by atoms with Gasteiger partial charge in [0.2, 0.25) is 0 Å². The number of allylic oxidation sites excluding steroid dienone is 2. The first kappa shape index (κ1) is 19.6. The Morgan fingerprint density at radius 1 is 0.545 bits per heavy atom. The lowest BCUT2D eigenvalue weighted by atomic mass is 9.63. The highest BCUT2D eigenvalue weighted by atomic mass is 19.1. The van der Waals surface area contributed by atoms with Crippen LogP contribution in [0.1, 0.15) is 33.4 Å². The Morgan fingerprint density at radius 3 is 1.79 bits per heavy atom. The molecule has 0 aliphatic heterocycles. The van der Waals surface area contributed by atoms with E-state index in [1.165, 1.54) is 12.1 Å². The van der Waals surface area contributed by atoms with Crippen LogP contribution in [0.2, 0.25) is 0 Å². The molecule has 4 aromatic carbocycles. The molecule has 0 aromatic heterocycles. The van der Waals surface area contributed by atoms with Crippen LogP contribution in [0.15, 0.2) is 103 Å². The smallest absolute Gasteiger partial charge is 0.175 e. The van der Waals surface area contributed by atoms with Crippen LogP contribution in [0, 0.1) is 11.6 Å². The first-order valence-electron chi connectivity index (χ1n) is 10.8. The molecule has 0 amide bonds. The summed E-state index contributed by atoms with van der Waals surface area (Å²) in [5.41, 5.74) is 3.53. The Hall–Kier alpha value is -4.11. The minimum Gasteiger partial charge on any atom is -0.293 e. The number of hydrogen-bond acceptors (Lipinski definition) is 1. The van der Waals surface area contributed by atoms with E-state index in [4.69, 9.17) is 0 Å². The third-order valence-electron chi connectivity index (χ3n) is 6.66. The molecule has 0 radical (unpaired) electrons. The van der Waals surface area contributed by atoms with Crippen molar-refractivity contribution < 1.29 is 13.6 Å². The van der Waals surface area contributed by atoms with Gasteiger partial charge in [-0.2, -0.15) is 0 Å². The summed E-state index contributed by atoms with van der Waals surface area (Å²) in [5.74, 6) is -1.04. The lowest BCUT2D eigenvalue weighted by Gasteiger charge is -2.36. The maximum atomic E-state index is 15.4. The minimum atomic E-state index is -1.28. The molecular weight excluding hydrogens is 414 g/mol. The van der Waals surface area contributed by atoms with E-state index < -0.39 is 17.0 Å². The summed E-state index contributed by atoms with van der Waals surface area (Å²) in [7, 11) is 0. The molecule has 1 nitrogen and oxygen atoms in total. The second kappa shape index (κ2) is 7.21. The van der Waals surface area contributed by atoms with Gasteiger partial charge in [0.05, 0.1) is 0 Å². The monoisotopic (exact) mass is 432 g/mol. The van der Waals surface area contributed by atoms with Gasteiger partial charge < -0.3 is 0 Å². The van der Waals surface area contributed by atoms with Crippen LogP contribution in [0.3, 0.4) is 0 Å². The zero-order valence-corrected chi connectivity index (χ0v) is 17.6. The molecule has 158 valence electrons. The quantitative estimate of drug-likeness (QED) is 0.340. The fourth-order valence-corrected chi connectivity index (χ4v) is 5.37. The number of carbonyl (C=O) groups is 1. The largest absolute Gasteiger partial charge is 0.293 e. The number of halogens is 2. The molecule has 2 aliphatic rings. The number of fused-ring (bicyclic) bond motifs is 4. The Kier molecular flexibility index (Phi) is 4.27. The van der Waals surface area contributed by atoms with Crippen molar-refractivity contribution in [1.29, 1.82) is 0 Å². The highest BCUT2D eigenvalue weighted by Gasteiger charge is 2.54. The van der Waals surface area contributed by atoms with Gasteiger partial charge >= 0.3 is 0 Å². The summed E-state index contributed by atoms with van der Waals surface area (Å²) in [6.07, 6.45) is 3.36. The highest BCUT2D eigenvalue weighted by molar-refractivity contribution is 6.24. The lowest BCUT2D eigenvalue weighted by molar-refractivity contribution is -0.116. The molecule has 3 heteroatoms. The Morgan fingerprint density at radius 2 is 1.09 bits per heavy atom. The SMILES string of the molecule is O=C1C=Cc2ccccc2C12C(c1ccccc1F)=C(c1ccccc1F)c1ccccc12. The molecule has 1 spiro atoms. The van der Waals surface area contributed by atoms with Gasteiger partial charge in [-0.1, -0.05) is 91.0 Å². The first-order valence-corrected chi connectivity index (χ1v) is 10.8. The number of hydrogen-bond donors (Lipinski definition) is 0. The lowest BCUT2D eigenvalue weighted by Crippen LogP contribution is -2.38. The van der Waals surface area contributed by atoms with Gasteiger partial charge in [-0.05, 0) is 51.6 Å². The topological polar surface area (TPSA) is 17.1 Å². The normalized spacial score (nSPS) is 18.5. The molecule has 0 N–H and O–H groups in total. The fraction of sp³-hybridized carbons (Fsp3) is 0.0333. The Labute approximate surface area is 190 Å². The van der Waals surface area contributed by atoms with Crippen LogP contribution in [0.25, 0.3) is 17.2 Å². The van der Waals surface area contributed by atoms with E-state index in [0.29, 0.717) is 22.3 Å². The molecule has 0 bridgehead atoms. The number of carbonyl (C=O) groups excluding carboxylic acids is 1. The molecule has 1 atom stereocenters. The third kappa shape index (κ3) is 2.59. The summed E-state index contributed by atoms with van der Waals surface area (Å²) in [5, 5.41) is 0. The summed E-state index contributed by atoms with van der Waals surface area (Å²) < 4.78 is 30.7. The average molecular weight is 432 g/mol. The minimum absolute atomic E-state index is 0.168. The van der Waals surface area contributed by atoms with Gasteiger partial charge in [-0.15, -0.1) is 0 Å². The van der Waals surface area contributed by atoms with Gasteiger partial charge in [0, 0.05) is 11.1 Å². The van der Waals surface area contributed by atoms with E-state index in [0.717, 1.165) is 22.3 Å². The molecule has 2 aliphatic carbocycles. The molecule has 6 rings (SSSR count). The second-order valence-electron chi connectivity index (χ2n) is 8.29. The van der Waals surface area contributed by atoms with Crippen molar-refractivity contribution in [3.05, 3.63) is 148 Å². The number of ketones is 1. The van der Waals surface area contributed by atoms with E-state index >= 15 is 8.78 Å². The van der Waals surface area contributed by atoms with Crippen LogP contribution in [0.4, 0.5) is 8.78 Å². The van der Waals surface area contributed by atoms with Crippen LogP contribution < -0.4 is 0 Å². The van der Waals surface area contributed by atoms with Crippen LogP contribution >= 0.6 is 0 Å². The van der Waals surface area contributed by atoms with Gasteiger partial charge in [-0.25, -0.2) is 8.78 Å². The van der Waals surface area contributed by atoms with Gasteiger partial charge in [0.25, 0.3) is 0 Å². The third-order valence-corrected chi connectivity index (χ3v) is 6.66. The molecule has 0 heterocycles. The van der Waals surface area contributed by atoms with Crippen LogP contribution in [0.5, 0.6) is 0 Å². The molecule has 1 unspecified atom stereocenters. The maximum absolute atomic E-state index is 15.4. The summed E-state index contributed by atoms with van der Waals surface area (Å²) in [4.78, 5) is 14.0. The van der Waals surface area contributed by atoms with Crippen molar-refractivity contribution in [2.45, 2.75) is 5.41 Å². The molecule has 0 saturated heterocycles. The Balaban J connectivity index is 1.86. The van der Waals surface area contributed by atoms with Crippen LogP contribution in [-0.4, -0.2) is 5.78 Å². The maximum Gasteiger partial charge on any atom is 0.175 e. The predicted molar refractivity (Wildman–Crippen MR) is 126 cm³/mol. The van der Waals surface area contributed by atoms with Crippen molar-refractivity contribution in [2.24, 2.45) is 0 Å². The zero-order chi connectivity index (χ0) is 22.6. The van der Waals surface area contributed by atoms with Crippen molar-refractivity contribution in [3.63, 3.8) is 0 Å². The van der Waals surface area contributed by atoms with Crippen LogP contribution in [-0.2, 0) is 10.2 Å². The molecule has 4 aromatic rings. The van der Waals surface area contributed by atoms with E-state index in [1.54, 1.807) is 48.6 Å². The zero-order valence-electron chi connectivity index (χ0n) is 17.6. The number of rotatable bonds is 2. The highest BCUT2D eigenvalue weighted by Crippen LogP contribution is 2.59. The first-order chi connectivity index (χ1) is 16.1. The standard InChI is InChI=1S/C30H18F2O/c31-25-15-7-3-11-21(25)28-20-10-2-6-14-24(20)30(29(28)22-12-4-8-16-26(22)32)23-13-5-1-9-19(23)17-18-27(30)33/h1-18H. The predicted octanol–water partition coefficient (Wildman–Crippen LogP) is 6.82. The Bertz CT molecular complexity index is 1510. The van der Waals surface area contributed by atoms with Crippen molar-refractivity contribution in [1.82, 2.24) is 0 Å². The molecule has 0 saturated carbocycles. The summed E-state index contributed by atoms with van der Waals surface area (Å²) >= 11 is 0. The second-order valence-corrected chi connectivity index (χ2v) is 8.29. The van der Waals surface area contributed by atoms with Crippen molar-refractivity contribution in [2.75, 3.05) is 0 Å². The van der Waals surface area contributed by atoms with Gasteiger partial charge in [-0.3, -0.25) is 4.79 Å². The van der Waals surface area contributed by atoms with Gasteiger partial charge in [0.15, 0.2) is 5.78 Å². The summed E-state index contributed by atoms with van der Waals surface area (Å²) in [6, 6.07) is 28.1. The van der Waals surface area contributed by atoms with E-state index in [2.05, 4.69) is 0 Å². The fourth-order valence-electron chi connectivity index (χ4n) is 5.37. The van der Waals surface area contributed by atoms with E-state index in [9.17, 15) is 4.79 Å². The van der Waals surface area contributed by atoms with E-state index in [-0.39, 0.29) is 5.78 Å². The average Bonchev–Trinajstić information content (AvgIpc) is 3.14. The number of benzene rings is 4. The van der Waals surface area contributed by atoms with E-state index in [1.807, 2.05) is 48.5 Å². The van der Waals surface area contributed by atoms with Gasteiger partial charge in [0.1, 0.15) is 17.0 Å². The van der Waals surface area contributed by atoms with Crippen molar-refractivity contribution >= 4 is 23.0 Å². The molecule has 0 fully saturated rings.